The molecule has 144 valence electrons. The van der Waals surface area contributed by atoms with Crippen molar-refractivity contribution in [2.24, 2.45) is 0 Å². The molecule has 7 nitrogen and oxygen atoms in total. The first-order valence-corrected chi connectivity index (χ1v) is 9.59. The molecule has 0 spiro atoms. The van der Waals surface area contributed by atoms with Crippen molar-refractivity contribution in [1.29, 1.82) is 0 Å². The van der Waals surface area contributed by atoms with Gasteiger partial charge in [0.05, 0.1) is 6.61 Å². The first kappa shape index (κ1) is 20.7. The molecule has 0 amide bonds. The molecular weight excluding hydrogens is 368 g/mol. The Hall–Kier alpha value is -2.61. The van der Waals surface area contributed by atoms with E-state index in [0.717, 1.165) is 18.4 Å². The summed E-state index contributed by atoms with van der Waals surface area (Å²) < 4.78 is 11.8. The van der Waals surface area contributed by atoms with Gasteiger partial charge in [0, 0.05) is 24.9 Å². The number of hydrogen-bond donors (Lipinski definition) is 0. The zero-order chi connectivity index (χ0) is 19.6. The molecule has 0 atom stereocenters. The van der Waals surface area contributed by atoms with E-state index >= 15 is 0 Å². The van der Waals surface area contributed by atoms with Gasteiger partial charge >= 0.3 is 11.9 Å². The van der Waals surface area contributed by atoms with Gasteiger partial charge in [0.2, 0.25) is 0 Å². The number of esters is 2. The number of benzene rings is 1. The number of unbranched alkanes of at least 4 members (excludes halogenated alkanes) is 1. The zero-order valence-electron chi connectivity index (χ0n) is 15.3. The van der Waals surface area contributed by atoms with Crippen molar-refractivity contribution in [2.45, 2.75) is 44.1 Å². The van der Waals surface area contributed by atoms with E-state index in [1.54, 1.807) is 22.9 Å². The van der Waals surface area contributed by atoms with Gasteiger partial charge in [-0.15, -0.1) is 0 Å². The molecule has 0 aliphatic heterocycles. The second-order valence-corrected chi connectivity index (χ2v) is 6.72. The van der Waals surface area contributed by atoms with Crippen LogP contribution in [-0.4, -0.2) is 28.1 Å². The Balaban J connectivity index is 2.00. The number of rotatable bonds is 9. The summed E-state index contributed by atoms with van der Waals surface area (Å²) in [7, 11) is 0. The van der Waals surface area contributed by atoms with Crippen molar-refractivity contribution < 1.29 is 19.1 Å². The molecule has 0 saturated carbocycles. The summed E-state index contributed by atoms with van der Waals surface area (Å²) in [5.41, 5.74) is 0.601. The predicted octanol–water partition coefficient (Wildman–Crippen LogP) is 2.80. The van der Waals surface area contributed by atoms with Crippen LogP contribution in [0, 0.1) is 0 Å². The maximum Gasteiger partial charge on any atom is 0.326 e. The first-order chi connectivity index (χ1) is 13.0. The number of carbonyl (C=O) groups excluding carboxylic acids is 2. The number of carbonyl (C=O) groups is 2. The lowest BCUT2D eigenvalue weighted by Gasteiger charge is -2.11. The summed E-state index contributed by atoms with van der Waals surface area (Å²) >= 11 is 1.34. The fourth-order valence-electron chi connectivity index (χ4n) is 2.13. The Bertz CT molecular complexity index is 833. The highest BCUT2D eigenvalue weighted by atomic mass is 32.2. The molecule has 0 aliphatic rings. The van der Waals surface area contributed by atoms with Crippen molar-refractivity contribution in [3.8, 4) is 5.75 Å². The van der Waals surface area contributed by atoms with Gasteiger partial charge in [0.25, 0.3) is 5.56 Å². The van der Waals surface area contributed by atoms with Crippen LogP contribution in [-0.2, 0) is 26.6 Å². The van der Waals surface area contributed by atoms with Gasteiger partial charge < -0.3 is 14.0 Å². The fourth-order valence-corrected chi connectivity index (χ4v) is 3.07. The van der Waals surface area contributed by atoms with Crippen LogP contribution in [0.3, 0.4) is 0 Å². The molecule has 1 aromatic heterocycles. The number of nitrogens with zero attached hydrogens (tertiary/aromatic N) is 2. The summed E-state index contributed by atoms with van der Waals surface area (Å²) in [6.07, 6.45) is 3.31. The zero-order valence-corrected chi connectivity index (χ0v) is 16.2. The van der Waals surface area contributed by atoms with E-state index in [0.29, 0.717) is 23.3 Å². The molecule has 0 N–H and O–H groups in total. The molecule has 1 heterocycles. The van der Waals surface area contributed by atoms with Crippen molar-refractivity contribution in [2.75, 3.05) is 6.61 Å². The minimum atomic E-state index is -0.375. The van der Waals surface area contributed by atoms with Crippen molar-refractivity contribution in [1.82, 2.24) is 9.55 Å². The third-order valence-electron chi connectivity index (χ3n) is 3.46. The minimum Gasteiger partial charge on any atom is -0.464 e. The summed E-state index contributed by atoms with van der Waals surface area (Å²) in [4.78, 5) is 38.5. The molecule has 1 aromatic carbocycles. The molecule has 8 heteroatoms. The van der Waals surface area contributed by atoms with Gasteiger partial charge in [-0.25, -0.2) is 0 Å². The standard InChI is InChI=1S/C19H22N2O5S/c1-3-4-11-25-18(24)12-21-10-9-17(23)20-19(21)27-13-15-5-7-16(8-6-15)26-14(2)22/h5-10H,3-4,11-13H2,1-2H3. The summed E-state index contributed by atoms with van der Waals surface area (Å²) in [5.74, 6) is 0.282. The lowest BCUT2D eigenvalue weighted by Crippen LogP contribution is -2.19. The predicted molar refractivity (Wildman–Crippen MR) is 102 cm³/mol. The van der Waals surface area contributed by atoms with Crippen LogP contribution in [0.25, 0.3) is 0 Å². The Morgan fingerprint density at radius 2 is 1.93 bits per heavy atom. The van der Waals surface area contributed by atoms with Crippen LogP contribution in [0.1, 0.15) is 32.3 Å². The van der Waals surface area contributed by atoms with E-state index in [4.69, 9.17) is 9.47 Å². The average molecular weight is 390 g/mol. The highest BCUT2D eigenvalue weighted by Gasteiger charge is 2.10. The Labute approximate surface area is 161 Å². The average Bonchev–Trinajstić information content (AvgIpc) is 2.63. The summed E-state index contributed by atoms with van der Waals surface area (Å²) in [5, 5.41) is 0.444. The fraction of sp³-hybridized carbons (Fsp3) is 0.368. The van der Waals surface area contributed by atoms with Crippen LogP contribution in [0.2, 0.25) is 0 Å². The lowest BCUT2D eigenvalue weighted by molar-refractivity contribution is -0.144. The lowest BCUT2D eigenvalue weighted by atomic mass is 10.2. The monoisotopic (exact) mass is 390 g/mol. The number of aromatic nitrogens is 2. The summed E-state index contributed by atoms with van der Waals surface area (Å²) in [6, 6.07) is 8.38. The van der Waals surface area contributed by atoms with Crippen LogP contribution in [0.15, 0.2) is 46.5 Å². The quantitative estimate of drug-likeness (QED) is 0.214. The van der Waals surface area contributed by atoms with E-state index in [2.05, 4.69) is 4.98 Å². The molecule has 0 bridgehead atoms. The Morgan fingerprint density at radius 1 is 1.19 bits per heavy atom. The van der Waals surface area contributed by atoms with E-state index in [1.165, 1.54) is 24.8 Å². The van der Waals surface area contributed by atoms with Gasteiger partial charge in [0.1, 0.15) is 12.3 Å². The molecule has 27 heavy (non-hydrogen) atoms. The highest BCUT2D eigenvalue weighted by molar-refractivity contribution is 7.98. The highest BCUT2D eigenvalue weighted by Crippen LogP contribution is 2.22. The van der Waals surface area contributed by atoms with Crippen LogP contribution >= 0.6 is 11.8 Å². The minimum absolute atomic E-state index is 0.00468. The van der Waals surface area contributed by atoms with Gasteiger partial charge in [-0.2, -0.15) is 4.98 Å². The molecule has 0 unspecified atom stereocenters. The molecule has 0 radical (unpaired) electrons. The normalized spacial score (nSPS) is 10.4. The largest absolute Gasteiger partial charge is 0.464 e. The number of ether oxygens (including phenoxy) is 2. The van der Waals surface area contributed by atoms with Crippen molar-refractivity contribution in [3.05, 3.63) is 52.4 Å². The summed E-state index contributed by atoms with van der Waals surface area (Å²) in [6.45, 7) is 3.76. The van der Waals surface area contributed by atoms with E-state index in [-0.39, 0.29) is 24.0 Å². The Kier molecular flexibility index (Phi) is 8.06. The molecule has 0 saturated heterocycles. The molecule has 0 aliphatic carbocycles. The van der Waals surface area contributed by atoms with Gasteiger partial charge in [-0.3, -0.25) is 14.4 Å². The molecule has 2 aromatic rings. The Morgan fingerprint density at radius 3 is 2.59 bits per heavy atom. The SMILES string of the molecule is CCCCOC(=O)Cn1ccc(=O)nc1SCc1ccc(OC(C)=O)cc1. The topological polar surface area (TPSA) is 87.5 Å². The van der Waals surface area contributed by atoms with Crippen molar-refractivity contribution >= 4 is 23.7 Å². The maximum atomic E-state index is 11.9. The second-order valence-electron chi connectivity index (χ2n) is 5.78. The van der Waals surface area contributed by atoms with E-state index in [1.807, 2.05) is 19.1 Å². The van der Waals surface area contributed by atoms with Crippen LogP contribution < -0.4 is 10.3 Å². The third kappa shape index (κ3) is 7.26. The van der Waals surface area contributed by atoms with Gasteiger partial charge in [-0.1, -0.05) is 37.2 Å². The second kappa shape index (κ2) is 10.5. The smallest absolute Gasteiger partial charge is 0.326 e. The number of thioether (sulfide) groups is 1. The van der Waals surface area contributed by atoms with Crippen LogP contribution in [0.4, 0.5) is 0 Å². The van der Waals surface area contributed by atoms with Gasteiger partial charge in [0.15, 0.2) is 5.16 Å². The maximum absolute atomic E-state index is 11.9. The molecule has 0 fully saturated rings. The molecular formula is C19H22N2O5S. The number of hydrogen-bond acceptors (Lipinski definition) is 7. The third-order valence-corrected chi connectivity index (χ3v) is 4.52. The first-order valence-electron chi connectivity index (χ1n) is 8.61. The van der Waals surface area contributed by atoms with Crippen LogP contribution in [0.5, 0.6) is 5.75 Å². The van der Waals surface area contributed by atoms with Crippen molar-refractivity contribution in [3.63, 3.8) is 0 Å². The molecule has 2 rings (SSSR count). The van der Waals surface area contributed by atoms with E-state index in [9.17, 15) is 14.4 Å². The van der Waals surface area contributed by atoms with Gasteiger partial charge in [-0.05, 0) is 24.1 Å². The van der Waals surface area contributed by atoms with E-state index < -0.39 is 0 Å².